The van der Waals surface area contributed by atoms with E-state index in [1.807, 2.05) is 54.6 Å². The highest BCUT2D eigenvalue weighted by atomic mass is 16.3. The van der Waals surface area contributed by atoms with E-state index in [9.17, 15) is 30.6 Å². The Labute approximate surface area is 608 Å². The molecule has 6 N–H and O–H groups in total. The van der Waals surface area contributed by atoms with E-state index in [2.05, 4.69) is 218 Å². The molecule has 3 heterocycles. The van der Waals surface area contributed by atoms with Crippen molar-refractivity contribution in [3.63, 3.8) is 0 Å². The lowest BCUT2D eigenvalue weighted by Gasteiger charge is -2.38. The van der Waals surface area contributed by atoms with Crippen molar-refractivity contribution in [3.05, 3.63) is 292 Å². The number of phenols is 3. The van der Waals surface area contributed by atoms with Gasteiger partial charge in [-0.3, -0.25) is 9.80 Å². The molecule has 0 saturated carbocycles. The van der Waals surface area contributed by atoms with Gasteiger partial charge < -0.3 is 45.3 Å². The van der Waals surface area contributed by atoms with Crippen molar-refractivity contribution in [1.29, 1.82) is 0 Å². The highest BCUT2D eigenvalue weighted by Gasteiger charge is 2.26. The molecule has 12 rings (SSSR count). The molecule has 0 radical (unpaired) electrons. The Hall–Kier alpha value is -9.04. The maximum Gasteiger partial charge on any atom is 0.116 e. The van der Waals surface area contributed by atoms with E-state index in [-0.39, 0.29) is 37.1 Å². The lowest BCUT2D eigenvalue weighted by Crippen LogP contribution is -2.48. The third kappa shape index (κ3) is 20.6. The molecule has 0 amide bonds. The number of piperidine rings is 1. The topological polar surface area (TPSA) is 138 Å². The van der Waals surface area contributed by atoms with Crippen LogP contribution in [0.5, 0.6) is 17.2 Å². The van der Waals surface area contributed by atoms with Gasteiger partial charge in [-0.1, -0.05) is 176 Å². The minimum Gasteiger partial charge on any atom is -0.508 e. The van der Waals surface area contributed by atoms with Crippen molar-refractivity contribution in [2.45, 2.75) is 117 Å². The van der Waals surface area contributed by atoms with Crippen LogP contribution in [0.25, 0.3) is 33.4 Å². The van der Waals surface area contributed by atoms with Crippen molar-refractivity contribution < 1.29 is 30.6 Å². The van der Waals surface area contributed by atoms with Crippen LogP contribution in [0.4, 0.5) is 11.4 Å². The minimum atomic E-state index is 0.143. The first-order chi connectivity index (χ1) is 49.7. The van der Waals surface area contributed by atoms with Crippen LogP contribution in [0.15, 0.2) is 237 Å². The molecule has 102 heavy (non-hydrogen) atoms. The molecule has 9 aromatic carbocycles. The van der Waals surface area contributed by atoms with Gasteiger partial charge in [-0.2, -0.15) is 0 Å². The summed E-state index contributed by atoms with van der Waals surface area (Å²) in [6.45, 7) is 24.8. The number of rotatable bonds is 24. The zero-order valence-corrected chi connectivity index (χ0v) is 61.1. The summed E-state index contributed by atoms with van der Waals surface area (Å²) in [7, 11) is 0. The van der Waals surface area contributed by atoms with Gasteiger partial charge >= 0.3 is 0 Å². The highest BCUT2D eigenvalue weighted by molar-refractivity contribution is 6.01. The van der Waals surface area contributed by atoms with Crippen molar-refractivity contribution in [1.82, 2.24) is 14.7 Å². The van der Waals surface area contributed by atoms with Gasteiger partial charge in [-0.05, 0) is 262 Å². The van der Waals surface area contributed by atoms with Gasteiger partial charge in [0.1, 0.15) is 17.2 Å². The third-order valence-corrected chi connectivity index (χ3v) is 20.5. The molecule has 0 unspecified atom stereocenters. The molecule has 11 heteroatoms. The molecule has 0 spiro atoms. The maximum absolute atomic E-state index is 10.3. The average molecular weight is 1370 g/mol. The van der Waals surface area contributed by atoms with Crippen molar-refractivity contribution in [2.75, 3.05) is 95.1 Å². The van der Waals surface area contributed by atoms with Crippen LogP contribution < -0.4 is 9.80 Å². The van der Waals surface area contributed by atoms with Gasteiger partial charge in [0.05, 0.1) is 0 Å². The smallest absolute Gasteiger partial charge is 0.116 e. The molecule has 0 aliphatic carbocycles. The quantitative estimate of drug-likeness (QED) is 0.0323. The lowest BCUT2D eigenvalue weighted by molar-refractivity contribution is 0.172. The number of benzene rings is 9. The van der Waals surface area contributed by atoms with E-state index >= 15 is 0 Å². The molecule has 0 atom stereocenters. The van der Waals surface area contributed by atoms with E-state index in [1.165, 1.54) is 63.2 Å². The van der Waals surface area contributed by atoms with Gasteiger partial charge in [-0.15, -0.1) is 0 Å². The van der Waals surface area contributed by atoms with Gasteiger partial charge in [0.2, 0.25) is 0 Å². The number of likely N-dealkylation sites (tertiary alicyclic amines) is 1. The summed E-state index contributed by atoms with van der Waals surface area (Å²) in [5, 5.41) is 59.0. The SMILES string of the molecule is CC(C)N1CCC(c2cccc(/C(=C(/CCCO)c3ccccc3)c3ccc(O)cc3)c2)CC1.CC(C)N1CCN(c2cccc(/C(=C(/CCCO)c3ccccc3)c3ccc(O)cc3)c2)CC1.CC(C)N1CCN(c2cccc(/C(=C(/CCCO)c3ccccc3)c3cccc(O)c3)c2)CC1. The van der Waals surface area contributed by atoms with Crippen LogP contribution in [-0.2, 0) is 0 Å². The predicted molar refractivity (Wildman–Crippen MR) is 426 cm³/mol. The minimum absolute atomic E-state index is 0.143. The molecule has 0 bridgehead atoms. The fourth-order valence-corrected chi connectivity index (χ4v) is 14.8. The van der Waals surface area contributed by atoms with Gasteiger partial charge in [-0.25, -0.2) is 0 Å². The predicted octanol–water partition coefficient (Wildman–Crippen LogP) is 18.0. The number of aromatic hydroxyl groups is 3. The number of anilines is 2. The summed E-state index contributed by atoms with van der Waals surface area (Å²) in [5.41, 5.74) is 21.1. The number of aliphatic hydroxyl groups excluding tert-OH is 3. The Bertz CT molecular complexity index is 3930. The molecule has 9 aromatic rings. The van der Waals surface area contributed by atoms with E-state index in [0.29, 0.717) is 43.3 Å². The fraction of sp³-hybridized carbons (Fsp3) is 0.341. The molecule has 0 aromatic heterocycles. The number of nitrogens with zero attached hydrogens (tertiary/aromatic N) is 5. The molecular formula is C91H109N5O6. The molecule has 534 valence electrons. The van der Waals surface area contributed by atoms with Gasteiger partial charge in [0, 0.05) is 102 Å². The fourth-order valence-electron chi connectivity index (χ4n) is 14.8. The number of aliphatic hydroxyl groups is 3. The first kappa shape index (κ1) is 75.6. The van der Waals surface area contributed by atoms with Crippen LogP contribution in [0, 0.1) is 0 Å². The Morgan fingerprint density at radius 1 is 0.304 bits per heavy atom. The monoisotopic (exact) mass is 1370 g/mol. The second kappa shape index (κ2) is 38.3. The van der Waals surface area contributed by atoms with Crippen LogP contribution in [0.3, 0.4) is 0 Å². The van der Waals surface area contributed by atoms with Crippen LogP contribution >= 0.6 is 0 Å². The summed E-state index contributed by atoms with van der Waals surface area (Å²) < 4.78 is 0. The first-order valence-corrected chi connectivity index (χ1v) is 37.3. The second-order valence-electron chi connectivity index (χ2n) is 28.1. The Morgan fingerprint density at radius 2 is 0.618 bits per heavy atom. The maximum atomic E-state index is 10.3. The number of phenolic OH excluding ortho intramolecular Hbond substituents is 3. The normalized spacial score (nSPS) is 15.6. The first-order valence-electron chi connectivity index (χ1n) is 37.3. The van der Waals surface area contributed by atoms with Crippen LogP contribution in [0.2, 0.25) is 0 Å². The van der Waals surface area contributed by atoms with Gasteiger partial charge in [0.25, 0.3) is 0 Å². The molecule has 11 nitrogen and oxygen atoms in total. The Balaban J connectivity index is 0.000000165. The molecule has 3 fully saturated rings. The summed E-state index contributed by atoms with van der Waals surface area (Å²) >= 11 is 0. The number of hydrogen-bond donors (Lipinski definition) is 6. The zero-order chi connectivity index (χ0) is 71.7. The van der Waals surface area contributed by atoms with Crippen LogP contribution in [-0.4, -0.2) is 149 Å². The molecule has 3 aliphatic rings. The summed E-state index contributed by atoms with van der Waals surface area (Å²) in [4.78, 5) is 12.6. The van der Waals surface area contributed by atoms with E-state index in [0.717, 1.165) is 135 Å². The Morgan fingerprint density at radius 3 is 0.971 bits per heavy atom. The molecule has 3 saturated heterocycles. The third-order valence-electron chi connectivity index (χ3n) is 20.5. The van der Waals surface area contributed by atoms with Crippen molar-refractivity contribution >= 4 is 44.8 Å². The van der Waals surface area contributed by atoms with E-state index < -0.39 is 0 Å². The highest BCUT2D eigenvalue weighted by Crippen LogP contribution is 2.42. The number of piperazine rings is 2. The second-order valence-corrected chi connectivity index (χ2v) is 28.1. The molecule has 3 aliphatic heterocycles. The molecular weight excluding hydrogens is 1260 g/mol. The summed E-state index contributed by atoms with van der Waals surface area (Å²) in [5.74, 6) is 1.36. The zero-order valence-electron chi connectivity index (χ0n) is 61.1. The van der Waals surface area contributed by atoms with Gasteiger partial charge in [0.15, 0.2) is 0 Å². The standard InChI is InChI=1S/C31H37NO2.2C30H36N2O2/c1-23(2)32-19-17-24(18-20-32)27-10-6-11-28(22-27)31(26-13-15-29(34)16-14-26)30(12-7-21-33)25-8-4-3-5-9-25;1-23(2)31-16-18-32(19-17-31)27-13-6-11-25(21-27)30(26-12-7-14-28(34)22-26)29(15-8-20-33)24-9-4-3-5-10-24;1-23(2)31-17-19-32(20-18-31)27-11-6-10-26(22-27)30(25-13-15-28(34)16-14-25)29(12-7-21-33)24-8-4-3-5-9-24/h3-6,8-11,13-16,22-24,33-34H,7,12,17-21H2,1-2H3;3-7,9-14,21-23,33-34H,8,15-20H2,1-2H3;3-6,8-11,13-16,22-23,33-34H,7,12,17-21H2,1-2H3/b31-30-;30-29+;30-29-. The van der Waals surface area contributed by atoms with Crippen molar-refractivity contribution in [2.24, 2.45) is 0 Å². The van der Waals surface area contributed by atoms with Crippen molar-refractivity contribution in [3.8, 4) is 17.2 Å². The number of hydrogen-bond acceptors (Lipinski definition) is 11. The largest absolute Gasteiger partial charge is 0.508 e. The van der Waals surface area contributed by atoms with Crippen LogP contribution in [0.1, 0.15) is 154 Å². The Kier molecular flexibility index (Phi) is 28.4. The summed E-state index contributed by atoms with van der Waals surface area (Å²) in [6, 6.07) is 82.2. The average Bonchev–Trinajstić information content (AvgIpc) is 0.803. The van der Waals surface area contributed by atoms with E-state index in [4.69, 9.17) is 0 Å². The van der Waals surface area contributed by atoms with E-state index in [1.54, 1.807) is 30.3 Å². The summed E-state index contributed by atoms with van der Waals surface area (Å²) in [6.07, 6.45) is 6.78. The number of allylic oxidation sites excluding steroid dienone is 3. The lowest BCUT2D eigenvalue weighted by atomic mass is 9.84.